The highest BCUT2D eigenvalue weighted by molar-refractivity contribution is 5.33. The van der Waals surface area contributed by atoms with Crippen LogP contribution in [-0.4, -0.2) is 10.1 Å². The van der Waals surface area contributed by atoms with E-state index in [4.69, 9.17) is 0 Å². The lowest BCUT2D eigenvalue weighted by atomic mass is 9.87. The molecule has 5 heteroatoms. The molecule has 19 heavy (non-hydrogen) atoms. The number of benzene rings is 1. The van der Waals surface area contributed by atoms with E-state index in [0.29, 0.717) is 0 Å². The second-order valence-electron chi connectivity index (χ2n) is 4.20. The van der Waals surface area contributed by atoms with Crippen LogP contribution in [0.1, 0.15) is 24.6 Å². The van der Waals surface area contributed by atoms with Gasteiger partial charge in [0.25, 0.3) is 0 Å². The minimum absolute atomic E-state index is 0.0703. The molecule has 0 amide bonds. The Labute approximate surface area is 108 Å². The molecule has 2 aromatic rings. The first-order valence-corrected chi connectivity index (χ1v) is 5.77. The van der Waals surface area contributed by atoms with Crippen LogP contribution in [0.4, 0.5) is 13.2 Å². The van der Waals surface area contributed by atoms with Gasteiger partial charge in [-0.25, -0.2) is 13.2 Å². The van der Waals surface area contributed by atoms with Crippen molar-refractivity contribution in [2.24, 2.45) is 0 Å². The van der Waals surface area contributed by atoms with Crippen LogP contribution in [0.25, 0.3) is 0 Å². The van der Waals surface area contributed by atoms with Crippen molar-refractivity contribution in [3.8, 4) is 0 Å². The van der Waals surface area contributed by atoms with Crippen LogP contribution < -0.4 is 0 Å². The van der Waals surface area contributed by atoms with Gasteiger partial charge >= 0.3 is 0 Å². The molecule has 1 N–H and O–H groups in total. The van der Waals surface area contributed by atoms with Crippen LogP contribution in [0.2, 0.25) is 0 Å². The molecular weight excluding hydrogens is 255 g/mol. The molecule has 100 valence electrons. The van der Waals surface area contributed by atoms with E-state index in [9.17, 15) is 18.3 Å². The van der Waals surface area contributed by atoms with E-state index in [1.807, 2.05) is 0 Å². The van der Waals surface area contributed by atoms with Gasteiger partial charge in [0.1, 0.15) is 23.1 Å². The van der Waals surface area contributed by atoms with Gasteiger partial charge in [0.05, 0.1) is 11.9 Å². The maximum atomic E-state index is 13.8. The summed E-state index contributed by atoms with van der Waals surface area (Å²) < 4.78 is 39.9. The first kappa shape index (κ1) is 13.5. The Morgan fingerprint density at radius 2 is 1.79 bits per heavy atom. The van der Waals surface area contributed by atoms with Crippen LogP contribution in [0.15, 0.2) is 36.5 Å². The number of pyridine rings is 1. The number of nitrogens with zero attached hydrogens (tertiary/aromatic N) is 1. The van der Waals surface area contributed by atoms with E-state index < -0.39 is 23.1 Å². The maximum absolute atomic E-state index is 13.8. The Balaban J connectivity index is 2.59. The SMILES string of the molecule is CCC(O)(c1ccc(F)cn1)c1cc(F)ccc1F. The molecule has 1 atom stereocenters. The largest absolute Gasteiger partial charge is 0.379 e. The highest BCUT2D eigenvalue weighted by atomic mass is 19.1. The van der Waals surface area contributed by atoms with E-state index in [1.165, 1.54) is 6.07 Å². The molecule has 2 rings (SSSR count). The summed E-state index contributed by atoms with van der Waals surface area (Å²) in [5.74, 6) is -1.97. The van der Waals surface area contributed by atoms with Crippen molar-refractivity contribution in [1.29, 1.82) is 0 Å². The van der Waals surface area contributed by atoms with Gasteiger partial charge in [-0.2, -0.15) is 0 Å². The van der Waals surface area contributed by atoms with E-state index in [2.05, 4.69) is 4.98 Å². The number of halogens is 3. The van der Waals surface area contributed by atoms with Crippen LogP contribution in [0, 0.1) is 17.5 Å². The van der Waals surface area contributed by atoms with Crippen LogP contribution in [0.3, 0.4) is 0 Å². The van der Waals surface area contributed by atoms with Crippen molar-refractivity contribution >= 4 is 0 Å². The number of hydrogen-bond acceptors (Lipinski definition) is 2. The van der Waals surface area contributed by atoms with Gasteiger partial charge in [0.15, 0.2) is 0 Å². The zero-order valence-electron chi connectivity index (χ0n) is 10.2. The van der Waals surface area contributed by atoms with Crippen LogP contribution in [-0.2, 0) is 5.60 Å². The Hall–Kier alpha value is -1.88. The lowest BCUT2D eigenvalue weighted by Gasteiger charge is -2.27. The Kier molecular flexibility index (Phi) is 3.57. The van der Waals surface area contributed by atoms with Gasteiger partial charge < -0.3 is 5.11 Å². The van der Waals surface area contributed by atoms with E-state index in [-0.39, 0.29) is 17.7 Å². The zero-order valence-corrected chi connectivity index (χ0v) is 10.2. The van der Waals surface area contributed by atoms with Gasteiger partial charge in [-0.05, 0) is 36.8 Å². The molecule has 0 aliphatic carbocycles. The molecule has 1 aromatic heterocycles. The van der Waals surface area contributed by atoms with E-state index in [0.717, 1.165) is 30.5 Å². The molecule has 0 bridgehead atoms. The zero-order chi connectivity index (χ0) is 14.0. The minimum atomic E-state index is -1.79. The standard InChI is InChI=1S/C14H12F3NO/c1-2-14(19,13-6-4-10(16)8-18-13)11-7-9(15)3-5-12(11)17/h3-8,19H,2H2,1H3. The van der Waals surface area contributed by atoms with E-state index in [1.54, 1.807) is 6.92 Å². The summed E-state index contributed by atoms with van der Waals surface area (Å²) in [4.78, 5) is 3.75. The normalized spacial score (nSPS) is 14.2. The molecule has 1 heterocycles. The Morgan fingerprint density at radius 1 is 1.11 bits per heavy atom. The summed E-state index contributed by atoms with van der Waals surface area (Å²) in [5, 5.41) is 10.6. The minimum Gasteiger partial charge on any atom is -0.379 e. The number of rotatable bonds is 3. The molecular formula is C14H12F3NO. The van der Waals surface area contributed by atoms with Crippen molar-refractivity contribution in [2.75, 3.05) is 0 Å². The Morgan fingerprint density at radius 3 is 2.37 bits per heavy atom. The molecule has 0 fully saturated rings. The summed E-state index contributed by atoms with van der Waals surface area (Å²) >= 11 is 0. The quantitative estimate of drug-likeness (QED) is 0.926. The fraction of sp³-hybridized carbons (Fsp3) is 0.214. The summed E-state index contributed by atoms with van der Waals surface area (Å²) in [7, 11) is 0. The lowest BCUT2D eigenvalue weighted by Crippen LogP contribution is -2.29. The van der Waals surface area contributed by atoms with Gasteiger partial charge in [0, 0.05) is 5.56 Å². The number of hydrogen-bond donors (Lipinski definition) is 1. The summed E-state index contributed by atoms with van der Waals surface area (Å²) in [6, 6.07) is 5.19. The van der Waals surface area contributed by atoms with E-state index >= 15 is 0 Å². The van der Waals surface area contributed by atoms with Crippen molar-refractivity contribution in [1.82, 2.24) is 4.98 Å². The monoisotopic (exact) mass is 267 g/mol. The topological polar surface area (TPSA) is 33.1 Å². The third-order valence-corrected chi connectivity index (χ3v) is 3.04. The second-order valence-corrected chi connectivity index (χ2v) is 4.20. The lowest BCUT2D eigenvalue weighted by molar-refractivity contribution is 0.0675. The molecule has 0 aliphatic heterocycles. The molecule has 0 saturated heterocycles. The number of aromatic nitrogens is 1. The highest BCUT2D eigenvalue weighted by Gasteiger charge is 2.34. The maximum Gasteiger partial charge on any atom is 0.141 e. The van der Waals surface area contributed by atoms with Gasteiger partial charge in [0.2, 0.25) is 0 Å². The van der Waals surface area contributed by atoms with Crippen LogP contribution >= 0.6 is 0 Å². The van der Waals surface area contributed by atoms with Gasteiger partial charge in [-0.1, -0.05) is 6.92 Å². The third kappa shape index (κ3) is 2.46. The average Bonchev–Trinajstić information content (AvgIpc) is 2.41. The fourth-order valence-electron chi connectivity index (χ4n) is 1.94. The molecule has 1 aromatic carbocycles. The third-order valence-electron chi connectivity index (χ3n) is 3.04. The molecule has 0 saturated carbocycles. The molecule has 2 nitrogen and oxygen atoms in total. The van der Waals surface area contributed by atoms with Gasteiger partial charge in [-0.3, -0.25) is 4.98 Å². The second kappa shape index (κ2) is 5.01. The predicted octanol–water partition coefficient (Wildman–Crippen LogP) is 3.14. The summed E-state index contributed by atoms with van der Waals surface area (Å²) in [6.45, 7) is 1.61. The molecule has 0 spiro atoms. The van der Waals surface area contributed by atoms with Crippen molar-refractivity contribution in [3.63, 3.8) is 0 Å². The summed E-state index contributed by atoms with van der Waals surface area (Å²) in [5.41, 5.74) is -1.94. The smallest absolute Gasteiger partial charge is 0.141 e. The molecule has 1 unspecified atom stereocenters. The van der Waals surface area contributed by atoms with Crippen molar-refractivity contribution in [3.05, 3.63) is 65.2 Å². The molecule has 0 aliphatic rings. The number of aliphatic hydroxyl groups is 1. The highest BCUT2D eigenvalue weighted by Crippen LogP contribution is 2.33. The van der Waals surface area contributed by atoms with Crippen LogP contribution in [0.5, 0.6) is 0 Å². The van der Waals surface area contributed by atoms with Crippen molar-refractivity contribution < 1.29 is 18.3 Å². The first-order valence-electron chi connectivity index (χ1n) is 5.77. The first-order chi connectivity index (χ1) is 8.97. The summed E-state index contributed by atoms with van der Waals surface area (Å²) in [6.07, 6.45) is 0.999. The predicted molar refractivity (Wildman–Crippen MR) is 63.8 cm³/mol. The van der Waals surface area contributed by atoms with Crippen molar-refractivity contribution in [2.45, 2.75) is 18.9 Å². The molecule has 0 radical (unpaired) electrons. The fourth-order valence-corrected chi connectivity index (χ4v) is 1.94. The average molecular weight is 267 g/mol. The Bertz CT molecular complexity index is 586. The van der Waals surface area contributed by atoms with Gasteiger partial charge in [-0.15, -0.1) is 0 Å².